The number of allylic oxidation sites excluding steroid dienone is 4. The molecule has 1 fully saturated rings. The van der Waals surface area contributed by atoms with E-state index in [1.54, 1.807) is 0 Å². The van der Waals surface area contributed by atoms with Gasteiger partial charge < -0.3 is 15.1 Å². The van der Waals surface area contributed by atoms with Gasteiger partial charge in [0, 0.05) is 59.1 Å². The van der Waals surface area contributed by atoms with Gasteiger partial charge in [0.15, 0.2) is 5.78 Å². The largest absolute Gasteiger partial charge is 0.358 e. The maximum absolute atomic E-state index is 13.2. The van der Waals surface area contributed by atoms with Crippen molar-refractivity contribution in [2.24, 2.45) is 4.99 Å². The fourth-order valence-corrected chi connectivity index (χ4v) is 7.36. The highest BCUT2D eigenvalue weighted by molar-refractivity contribution is 7.12. The molecule has 3 aliphatic heterocycles. The van der Waals surface area contributed by atoms with Crippen LogP contribution in [0.2, 0.25) is 0 Å². The van der Waals surface area contributed by atoms with Gasteiger partial charge in [-0.3, -0.25) is 14.6 Å². The summed E-state index contributed by atoms with van der Waals surface area (Å²) in [5.74, 6) is 0.249. The van der Waals surface area contributed by atoms with Crippen LogP contribution < -0.4 is 5.32 Å². The Kier molecular flexibility index (Phi) is 7.54. The normalized spacial score (nSPS) is 22.6. The van der Waals surface area contributed by atoms with Gasteiger partial charge in [-0.1, -0.05) is 13.0 Å². The minimum Gasteiger partial charge on any atom is -0.358 e. The zero-order valence-electron chi connectivity index (χ0n) is 23.1. The highest BCUT2D eigenvalue weighted by Gasteiger charge is 2.32. The van der Waals surface area contributed by atoms with Crippen molar-refractivity contribution in [1.82, 2.24) is 9.80 Å². The quantitative estimate of drug-likeness (QED) is 0.443. The average molecular weight is 543 g/mol. The number of aryl methyl sites for hydroxylation is 1. The number of carbonyl (C=O) groups is 2. The fourth-order valence-electron chi connectivity index (χ4n) is 6.28. The molecule has 0 saturated carbocycles. The van der Waals surface area contributed by atoms with E-state index in [1.807, 2.05) is 28.4 Å². The second kappa shape index (κ2) is 11.2. The maximum atomic E-state index is 13.2. The maximum Gasteiger partial charge on any atom is 0.254 e. The number of carbonyl (C=O) groups excluding carboxylic acids is 2. The van der Waals surface area contributed by atoms with Crippen molar-refractivity contribution in [3.8, 4) is 0 Å². The molecule has 1 saturated heterocycles. The van der Waals surface area contributed by atoms with Gasteiger partial charge in [-0.2, -0.15) is 0 Å². The van der Waals surface area contributed by atoms with Gasteiger partial charge in [-0.25, -0.2) is 0 Å². The average Bonchev–Trinajstić information content (AvgIpc) is 3.71. The number of thiophene rings is 1. The first-order chi connectivity index (χ1) is 19.0. The first-order valence-corrected chi connectivity index (χ1v) is 15.3. The molecule has 1 amide bonds. The smallest absolute Gasteiger partial charge is 0.254 e. The Morgan fingerprint density at radius 3 is 2.69 bits per heavy atom. The van der Waals surface area contributed by atoms with Crippen LogP contribution in [0.1, 0.15) is 70.8 Å². The molecule has 1 aliphatic carbocycles. The molecule has 0 bridgehead atoms. The number of aliphatic imine (C=N–C) groups is 1. The number of Topliss-reactive ketones (excluding diaryl/α,β-unsaturated/α-hetero) is 1. The molecule has 6 nitrogen and oxygen atoms in total. The van der Waals surface area contributed by atoms with Crippen molar-refractivity contribution >= 4 is 34.4 Å². The Bertz CT molecular complexity index is 1380. The Morgan fingerprint density at radius 1 is 1.08 bits per heavy atom. The van der Waals surface area contributed by atoms with Gasteiger partial charge in [-0.05, 0) is 93.7 Å². The first kappa shape index (κ1) is 26.2. The van der Waals surface area contributed by atoms with Crippen molar-refractivity contribution in [3.63, 3.8) is 0 Å². The third-order valence-electron chi connectivity index (χ3n) is 8.30. The summed E-state index contributed by atoms with van der Waals surface area (Å²) in [5, 5.41) is 3.55. The zero-order valence-corrected chi connectivity index (χ0v) is 23.9. The summed E-state index contributed by atoms with van der Waals surface area (Å²) in [7, 11) is 0. The summed E-state index contributed by atoms with van der Waals surface area (Å²) < 4.78 is 0. The monoisotopic (exact) mass is 542 g/mol. The highest BCUT2D eigenvalue weighted by Crippen LogP contribution is 2.36. The van der Waals surface area contributed by atoms with Crippen LogP contribution in [0.3, 0.4) is 0 Å². The van der Waals surface area contributed by atoms with Crippen LogP contribution in [-0.4, -0.2) is 59.4 Å². The van der Waals surface area contributed by atoms with Crippen LogP contribution in [0, 0.1) is 0 Å². The van der Waals surface area contributed by atoms with Crippen LogP contribution in [-0.2, 0) is 30.6 Å². The number of ketones is 1. The molecule has 0 spiro atoms. The Labute approximate surface area is 235 Å². The second-order valence-electron chi connectivity index (χ2n) is 11.3. The number of hydrogen-bond donors (Lipinski definition) is 1. The fraction of sp³-hybridized carbons (Fsp3) is 0.469. The molecule has 1 aromatic heterocycles. The van der Waals surface area contributed by atoms with E-state index >= 15 is 0 Å². The molecule has 1 N–H and O–H groups in total. The van der Waals surface area contributed by atoms with E-state index in [1.165, 1.54) is 35.7 Å². The minimum absolute atomic E-state index is 0.0798. The number of likely N-dealkylation sites (tertiary alicyclic amines) is 1. The second-order valence-corrected chi connectivity index (χ2v) is 12.5. The van der Waals surface area contributed by atoms with E-state index in [2.05, 4.69) is 48.3 Å². The van der Waals surface area contributed by atoms with E-state index in [0.29, 0.717) is 25.0 Å². The number of nitrogens with zero attached hydrogens (tertiary/aromatic N) is 3. The molecule has 1 aromatic carbocycles. The molecular weight excluding hydrogens is 504 g/mol. The molecule has 6 rings (SSSR count). The molecule has 4 aliphatic rings. The third-order valence-corrected chi connectivity index (χ3v) is 9.55. The predicted octanol–water partition coefficient (Wildman–Crippen LogP) is 5.58. The lowest BCUT2D eigenvalue weighted by Gasteiger charge is -2.19. The molecule has 4 heterocycles. The van der Waals surface area contributed by atoms with Crippen LogP contribution in [0.15, 0.2) is 52.7 Å². The molecule has 1 atom stereocenters. The summed E-state index contributed by atoms with van der Waals surface area (Å²) in [4.78, 5) is 38.6. The molecule has 0 radical (unpaired) electrons. The molecule has 2 aromatic rings. The summed E-state index contributed by atoms with van der Waals surface area (Å²) in [6.45, 7) is 9.25. The lowest BCUT2D eigenvalue weighted by atomic mass is 9.93. The van der Waals surface area contributed by atoms with Crippen LogP contribution in [0.25, 0.3) is 0 Å². The van der Waals surface area contributed by atoms with Crippen molar-refractivity contribution in [1.29, 1.82) is 0 Å². The van der Waals surface area contributed by atoms with Crippen LogP contribution in [0.5, 0.6) is 0 Å². The third kappa shape index (κ3) is 5.52. The number of nitrogens with one attached hydrogen (secondary N) is 1. The minimum atomic E-state index is 0.0798. The van der Waals surface area contributed by atoms with E-state index < -0.39 is 0 Å². The van der Waals surface area contributed by atoms with Crippen molar-refractivity contribution in [2.75, 3.05) is 31.5 Å². The SMILES string of the molecule is CCc1ccc(CC(C)N=C2C=CCC(=O)C2=C2Cc3cc4c(cc3N2)CN(CCCN2CCCC2)C4=O)s1. The van der Waals surface area contributed by atoms with Gasteiger partial charge >= 0.3 is 0 Å². The standard InChI is InChI=1S/C32H38N4O2S/c1-3-24-10-11-25(39-24)16-21(2)33-27-8-6-9-30(37)31(27)29-18-22-17-26-23(19-28(22)34-29)20-36(32(26)38)15-7-14-35-12-4-5-13-35/h6,8,10-11,17,19,21,34H,3-5,7,9,12-16,18,20H2,1-2H3. The summed E-state index contributed by atoms with van der Waals surface area (Å²) in [5.41, 5.74) is 6.40. The number of rotatable bonds is 8. The number of fused-ring (bicyclic) bond motifs is 2. The zero-order chi connectivity index (χ0) is 26.9. The lowest BCUT2D eigenvalue weighted by Crippen LogP contribution is -2.29. The van der Waals surface area contributed by atoms with Crippen LogP contribution >= 0.6 is 11.3 Å². The van der Waals surface area contributed by atoms with Gasteiger partial charge in [0.05, 0.1) is 17.3 Å². The molecule has 7 heteroatoms. The summed E-state index contributed by atoms with van der Waals surface area (Å²) >= 11 is 1.85. The van der Waals surface area contributed by atoms with E-state index in [-0.39, 0.29) is 17.7 Å². The predicted molar refractivity (Wildman–Crippen MR) is 159 cm³/mol. The van der Waals surface area contributed by atoms with E-state index in [0.717, 1.165) is 66.1 Å². The van der Waals surface area contributed by atoms with Crippen molar-refractivity contribution in [3.05, 3.63) is 74.1 Å². The van der Waals surface area contributed by atoms with Gasteiger partial charge in [-0.15, -0.1) is 11.3 Å². The Balaban J connectivity index is 1.17. The van der Waals surface area contributed by atoms with Crippen LogP contribution in [0.4, 0.5) is 5.69 Å². The number of hydrogen-bond acceptors (Lipinski definition) is 6. The Morgan fingerprint density at radius 2 is 1.90 bits per heavy atom. The number of benzene rings is 1. The lowest BCUT2D eigenvalue weighted by molar-refractivity contribution is -0.114. The topological polar surface area (TPSA) is 65.0 Å². The van der Waals surface area contributed by atoms with Crippen molar-refractivity contribution < 1.29 is 9.59 Å². The summed E-state index contributed by atoms with van der Waals surface area (Å²) in [6.07, 6.45) is 10.5. The van der Waals surface area contributed by atoms with Gasteiger partial charge in [0.25, 0.3) is 5.91 Å². The summed E-state index contributed by atoms with van der Waals surface area (Å²) in [6, 6.07) is 8.66. The number of anilines is 1. The van der Waals surface area contributed by atoms with E-state index in [4.69, 9.17) is 4.99 Å². The van der Waals surface area contributed by atoms with E-state index in [9.17, 15) is 9.59 Å². The van der Waals surface area contributed by atoms with Crippen molar-refractivity contribution in [2.45, 2.75) is 71.4 Å². The van der Waals surface area contributed by atoms with Gasteiger partial charge in [0.1, 0.15) is 0 Å². The number of amides is 1. The van der Waals surface area contributed by atoms with Gasteiger partial charge in [0.2, 0.25) is 0 Å². The molecular formula is C32H38N4O2S. The molecule has 204 valence electrons. The molecule has 1 unspecified atom stereocenters. The molecule has 39 heavy (non-hydrogen) atoms. The Hall–Kier alpha value is -3.03. The highest BCUT2D eigenvalue weighted by atomic mass is 32.1. The first-order valence-electron chi connectivity index (χ1n) is 14.5.